The first-order valence-corrected chi connectivity index (χ1v) is 5.54. The molecule has 1 aliphatic rings. The summed E-state index contributed by atoms with van der Waals surface area (Å²) in [5, 5.41) is 0. The van der Waals surface area contributed by atoms with Gasteiger partial charge in [-0.1, -0.05) is 19.8 Å². The van der Waals surface area contributed by atoms with E-state index in [0.717, 1.165) is 32.1 Å². The van der Waals surface area contributed by atoms with Gasteiger partial charge in [0.2, 0.25) is 0 Å². The molecule has 1 rings (SSSR count). The summed E-state index contributed by atoms with van der Waals surface area (Å²) in [6.07, 6.45) is 4.91. The number of nitrogens with two attached hydrogens (primary N) is 1. The number of hydrogen-bond acceptors (Lipinski definition) is 3. The predicted molar refractivity (Wildman–Crippen MR) is 55.8 cm³/mol. The molecular formula is C11H21NO2. The lowest BCUT2D eigenvalue weighted by Gasteiger charge is -2.36. The fraction of sp³-hybridized carbons (Fsp3) is 0.909. The molecule has 0 aromatic rings. The molecule has 14 heavy (non-hydrogen) atoms. The molecule has 1 saturated carbocycles. The van der Waals surface area contributed by atoms with E-state index >= 15 is 0 Å². The Morgan fingerprint density at radius 2 is 2.29 bits per heavy atom. The van der Waals surface area contributed by atoms with Gasteiger partial charge in [0.25, 0.3) is 0 Å². The quantitative estimate of drug-likeness (QED) is 0.706. The van der Waals surface area contributed by atoms with Gasteiger partial charge in [-0.3, -0.25) is 4.79 Å². The van der Waals surface area contributed by atoms with Gasteiger partial charge in [-0.25, -0.2) is 0 Å². The highest BCUT2D eigenvalue weighted by Crippen LogP contribution is 2.36. The zero-order valence-electron chi connectivity index (χ0n) is 9.21. The van der Waals surface area contributed by atoms with Crippen LogP contribution in [0, 0.1) is 5.41 Å². The van der Waals surface area contributed by atoms with Gasteiger partial charge >= 0.3 is 5.97 Å². The first kappa shape index (κ1) is 11.5. The highest BCUT2D eigenvalue weighted by molar-refractivity contribution is 5.77. The van der Waals surface area contributed by atoms with Crippen LogP contribution in [0.25, 0.3) is 0 Å². The molecule has 0 amide bonds. The van der Waals surface area contributed by atoms with Crippen molar-refractivity contribution in [1.29, 1.82) is 0 Å². The molecule has 0 spiro atoms. The molecule has 3 heteroatoms. The fourth-order valence-electron chi connectivity index (χ4n) is 1.97. The summed E-state index contributed by atoms with van der Waals surface area (Å²) < 4.78 is 5.19. The maximum Gasteiger partial charge on any atom is 0.313 e. The molecule has 0 radical (unpaired) electrons. The second kappa shape index (κ2) is 4.78. The smallest absolute Gasteiger partial charge is 0.313 e. The minimum Gasteiger partial charge on any atom is -0.465 e. The Bertz CT molecular complexity index is 205. The first-order chi connectivity index (χ1) is 6.61. The van der Waals surface area contributed by atoms with Gasteiger partial charge in [0, 0.05) is 6.04 Å². The third-order valence-corrected chi connectivity index (χ3v) is 3.18. The zero-order valence-corrected chi connectivity index (χ0v) is 9.21. The van der Waals surface area contributed by atoms with Gasteiger partial charge in [-0.15, -0.1) is 0 Å². The van der Waals surface area contributed by atoms with E-state index in [1.54, 1.807) is 0 Å². The van der Waals surface area contributed by atoms with E-state index < -0.39 is 5.41 Å². The number of hydrogen-bond donors (Lipinski definition) is 1. The van der Waals surface area contributed by atoms with Crippen LogP contribution in [0.3, 0.4) is 0 Å². The third-order valence-electron chi connectivity index (χ3n) is 3.18. The maximum absolute atomic E-state index is 11.8. The maximum atomic E-state index is 11.8. The standard InChI is InChI=1S/C11H21NO2/c1-3-8-14-10(13)11(2)7-5-4-6-9(11)12/h9H,3-8,12H2,1-2H3. The molecule has 0 bridgehead atoms. The summed E-state index contributed by atoms with van der Waals surface area (Å²) in [4.78, 5) is 11.8. The molecule has 1 aliphatic carbocycles. The summed E-state index contributed by atoms with van der Waals surface area (Å²) in [5.74, 6) is -0.105. The molecule has 0 aromatic heterocycles. The minimum absolute atomic E-state index is 0.0272. The molecule has 0 saturated heterocycles. The van der Waals surface area contributed by atoms with Crippen LogP contribution in [-0.4, -0.2) is 18.6 Å². The lowest BCUT2D eigenvalue weighted by atomic mass is 9.72. The lowest BCUT2D eigenvalue weighted by molar-refractivity contribution is -0.158. The van der Waals surface area contributed by atoms with Crippen LogP contribution >= 0.6 is 0 Å². The van der Waals surface area contributed by atoms with Gasteiger partial charge < -0.3 is 10.5 Å². The minimum atomic E-state index is -0.437. The Labute approximate surface area is 86.0 Å². The molecule has 2 N–H and O–H groups in total. The van der Waals surface area contributed by atoms with E-state index in [1.807, 2.05) is 13.8 Å². The predicted octanol–water partition coefficient (Wildman–Crippen LogP) is 1.85. The molecule has 0 aliphatic heterocycles. The van der Waals surface area contributed by atoms with Gasteiger partial charge in [-0.2, -0.15) is 0 Å². The first-order valence-electron chi connectivity index (χ1n) is 5.54. The number of rotatable bonds is 3. The Hall–Kier alpha value is -0.570. The monoisotopic (exact) mass is 199 g/mol. The van der Waals surface area contributed by atoms with Crippen LogP contribution in [0.15, 0.2) is 0 Å². The van der Waals surface area contributed by atoms with E-state index in [1.165, 1.54) is 0 Å². The van der Waals surface area contributed by atoms with Crippen LogP contribution < -0.4 is 5.73 Å². The van der Waals surface area contributed by atoms with Gasteiger partial charge in [-0.05, 0) is 26.2 Å². The van der Waals surface area contributed by atoms with Gasteiger partial charge in [0.05, 0.1) is 12.0 Å². The average Bonchev–Trinajstić information content (AvgIpc) is 2.19. The van der Waals surface area contributed by atoms with E-state index in [0.29, 0.717) is 6.61 Å². The van der Waals surface area contributed by atoms with E-state index in [9.17, 15) is 4.79 Å². The van der Waals surface area contributed by atoms with Gasteiger partial charge in [0.1, 0.15) is 0 Å². The van der Waals surface area contributed by atoms with Crippen molar-refractivity contribution in [3.05, 3.63) is 0 Å². The average molecular weight is 199 g/mol. The van der Waals surface area contributed by atoms with Crippen LogP contribution in [-0.2, 0) is 9.53 Å². The fourth-order valence-corrected chi connectivity index (χ4v) is 1.97. The zero-order chi connectivity index (χ0) is 10.6. The van der Waals surface area contributed by atoms with Crippen molar-refractivity contribution >= 4 is 5.97 Å². The lowest BCUT2D eigenvalue weighted by Crippen LogP contribution is -2.48. The number of carbonyl (C=O) groups excluding carboxylic acids is 1. The van der Waals surface area contributed by atoms with Crippen LogP contribution in [0.1, 0.15) is 46.0 Å². The van der Waals surface area contributed by atoms with Crippen LogP contribution in [0.2, 0.25) is 0 Å². The van der Waals surface area contributed by atoms with E-state index in [-0.39, 0.29) is 12.0 Å². The summed E-state index contributed by atoms with van der Waals surface area (Å²) in [5.41, 5.74) is 5.55. The number of carbonyl (C=O) groups is 1. The molecule has 82 valence electrons. The molecule has 0 heterocycles. The van der Waals surface area contributed by atoms with E-state index in [2.05, 4.69) is 0 Å². The van der Waals surface area contributed by atoms with Crippen molar-refractivity contribution in [2.75, 3.05) is 6.61 Å². The van der Waals surface area contributed by atoms with E-state index in [4.69, 9.17) is 10.5 Å². The van der Waals surface area contributed by atoms with Gasteiger partial charge in [0.15, 0.2) is 0 Å². The second-order valence-corrected chi connectivity index (χ2v) is 4.41. The number of ether oxygens (including phenoxy) is 1. The van der Waals surface area contributed by atoms with Crippen molar-refractivity contribution < 1.29 is 9.53 Å². The largest absolute Gasteiger partial charge is 0.465 e. The van der Waals surface area contributed by atoms with Crippen molar-refractivity contribution in [2.24, 2.45) is 11.1 Å². The SMILES string of the molecule is CCCOC(=O)C1(C)CCCCC1N. The summed E-state index contributed by atoms with van der Waals surface area (Å²) in [6.45, 7) is 4.45. The van der Waals surface area contributed by atoms with Crippen molar-refractivity contribution in [2.45, 2.75) is 52.0 Å². The molecule has 2 atom stereocenters. The number of esters is 1. The molecule has 0 aromatic carbocycles. The summed E-state index contributed by atoms with van der Waals surface area (Å²) >= 11 is 0. The molecular weight excluding hydrogens is 178 g/mol. The summed E-state index contributed by atoms with van der Waals surface area (Å²) in [7, 11) is 0. The van der Waals surface area contributed by atoms with Crippen molar-refractivity contribution in [1.82, 2.24) is 0 Å². The van der Waals surface area contributed by atoms with Crippen molar-refractivity contribution in [3.63, 3.8) is 0 Å². The topological polar surface area (TPSA) is 52.3 Å². The Kier molecular flexibility index (Phi) is 3.93. The summed E-state index contributed by atoms with van der Waals surface area (Å²) in [6, 6.07) is -0.0272. The van der Waals surface area contributed by atoms with Crippen molar-refractivity contribution in [3.8, 4) is 0 Å². The third kappa shape index (κ3) is 2.27. The Morgan fingerprint density at radius 1 is 1.57 bits per heavy atom. The second-order valence-electron chi connectivity index (χ2n) is 4.41. The highest BCUT2D eigenvalue weighted by Gasteiger charge is 2.42. The normalized spacial score (nSPS) is 32.6. The molecule has 2 unspecified atom stereocenters. The molecule has 1 fully saturated rings. The highest BCUT2D eigenvalue weighted by atomic mass is 16.5. The Balaban J connectivity index is 2.57. The van der Waals surface area contributed by atoms with Crippen LogP contribution in [0.4, 0.5) is 0 Å². The van der Waals surface area contributed by atoms with Crippen LogP contribution in [0.5, 0.6) is 0 Å². The Morgan fingerprint density at radius 3 is 2.86 bits per heavy atom. The molecule has 3 nitrogen and oxygen atoms in total.